The average molecular weight is 291 g/mol. The number of methoxy groups -OCH3 is 1. The molecule has 116 valence electrons. The van der Waals surface area contributed by atoms with Crippen LogP contribution in [0.2, 0.25) is 0 Å². The molecule has 1 aromatic rings. The molecule has 0 saturated carbocycles. The number of aryl methyl sites for hydroxylation is 1. The number of hydrogen-bond donors (Lipinski definition) is 1. The molecule has 1 N–H and O–H groups in total. The van der Waals surface area contributed by atoms with Gasteiger partial charge >= 0.3 is 5.97 Å². The third kappa shape index (κ3) is 3.44. The predicted molar refractivity (Wildman–Crippen MR) is 82.1 cm³/mol. The Morgan fingerprint density at radius 1 is 1.43 bits per heavy atom. The van der Waals surface area contributed by atoms with Gasteiger partial charge in [0.15, 0.2) is 0 Å². The zero-order valence-corrected chi connectivity index (χ0v) is 13.1. The second-order valence-electron chi connectivity index (χ2n) is 5.63. The molecule has 0 radical (unpaired) electrons. The van der Waals surface area contributed by atoms with E-state index in [-0.39, 0.29) is 12.1 Å². The van der Waals surface area contributed by atoms with Crippen molar-refractivity contribution in [2.24, 2.45) is 0 Å². The number of carbonyl (C=O) groups is 1. The van der Waals surface area contributed by atoms with Gasteiger partial charge in [-0.05, 0) is 31.7 Å². The highest BCUT2D eigenvalue weighted by Gasteiger charge is 2.40. The highest BCUT2D eigenvalue weighted by molar-refractivity contribution is 5.82. The first-order chi connectivity index (χ1) is 10.1. The Labute approximate surface area is 126 Å². The molecule has 1 aliphatic rings. The highest BCUT2D eigenvalue weighted by Crippen LogP contribution is 2.28. The second kappa shape index (κ2) is 7.05. The fourth-order valence-electron chi connectivity index (χ4n) is 2.87. The topological polar surface area (TPSA) is 47.6 Å². The van der Waals surface area contributed by atoms with Crippen molar-refractivity contribution in [3.05, 3.63) is 35.4 Å². The van der Waals surface area contributed by atoms with E-state index >= 15 is 0 Å². The SMILES string of the molecule is CCC(NCC1CCCO1)(C(=O)OC)c1ccc(C)cc1. The van der Waals surface area contributed by atoms with E-state index in [4.69, 9.17) is 9.47 Å². The maximum absolute atomic E-state index is 12.4. The first-order valence-electron chi connectivity index (χ1n) is 7.64. The summed E-state index contributed by atoms with van der Waals surface area (Å²) in [4.78, 5) is 12.4. The lowest BCUT2D eigenvalue weighted by Gasteiger charge is -2.32. The molecule has 1 fully saturated rings. The molecule has 2 rings (SSSR count). The molecule has 4 heteroatoms. The van der Waals surface area contributed by atoms with E-state index in [2.05, 4.69) is 5.32 Å². The minimum atomic E-state index is -0.797. The summed E-state index contributed by atoms with van der Waals surface area (Å²) in [7, 11) is 1.44. The average Bonchev–Trinajstić information content (AvgIpc) is 3.02. The largest absolute Gasteiger partial charge is 0.467 e. The van der Waals surface area contributed by atoms with Crippen LogP contribution in [0.4, 0.5) is 0 Å². The summed E-state index contributed by atoms with van der Waals surface area (Å²) in [5.74, 6) is -0.244. The van der Waals surface area contributed by atoms with Crippen molar-refractivity contribution in [2.75, 3.05) is 20.3 Å². The molecular formula is C17H25NO3. The summed E-state index contributed by atoms with van der Waals surface area (Å²) >= 11 is 0. The van der Waals surface area contributed by atoms with Gasteiger partial charge in [0.05, 0.1) is 13.2 Å². The van der Waals surface area contributed by atoms with E-state index in [9.17, 15) is 4.79 Å². The summed E-state index contributed by atoms with van der Waals surface area (Å²) in [6, 6.07) is 8.05. The number of nitrogens with one attached hydrogen (secondary N) is 1. The molecule has 0 aromatic heterocycles. The summed E-state index contributed by atoms with van der Waals surface area (Å²) in [6.07, 6.45) is 2.96. The van der Waals surface area contributed by atoms with E-state index < -0.39 is 5.54 Å². The van der Waals surface area contributed by atoms with Crippen molar-refractivity contribution < 1.29 is 14.3 Å². The Kier molecular flexibility index (Phi) is 5.37. The maximum atomic E-state index is 12.4. The molecule has 1 aliphatic heterocycles. The molecule has 0 bridgehead atoms. The van der Waals surface area contributed by atoms with Crippen LogP contribution in [0, 0.1) is 6.92 Å². The van der Waals surface area contributed by atoms with Gasteiger partial charge in [0.2, 0.25) is 0 Å². The molecule has 1 aromatic carbocycles. The van der Waals surface area contributed by atoms with Gasteiger partial charge in [-0.25, -0.2) is 4.79 Å². The van der Waals surface area contributed by atoms with Crippen LogP contribution in [0.5, 0.6) is 0 Å². The van der Waals surface area contributed by atoms with Crippen molar-refractivity contribution in [3.8, 4) is 0 Å². The Hall–Kier alpha value is -1.39. The molecule has 2 unspecified atom stereocenters. The Morgan fingerprint density at radius 2 is 2.14 bits per heavy atom. The number of ether oxygens (including phenoxy) is 2. The van der Waals surface area contributed by atoms with Crippen molar-refractivity contribution in [1.29, 1.82) is 0 Å². The summed E-state index contributed by atoms with van der Waals surface area (Å²) in [6.45, 7) is 5.51. The Morgan fingerprint density at radius 3 is 2.67 bits per heavy atom. The van der Waals surface area contributed by atoms with E-state index in [0.717, 1.165) is 25.0 Å². The maximum Gasteiger partial charge on any atom is 0.330 e. The minimum absolute atomic E-state index is 0.186. The highest BCUT2D eigenvalue weighted by atomic mass is 16.5. The van der Waals surface area contributed by atoms with Gasteiger partial charge in [0.25, 0.3) is 0 Å². The lowest BCUT2D eigenvalue weighted by molar-refractivity contribution is -0.149. The van der Waals surface area contributed by atoms with Gasteiger partial charge in [-0.3, -0.25) is 5.32 Å². The lowest BCUT2D eigenvalue weighted by Crippen LogP contribution is -2.51. The third-order valence-electron chi connectivity index (χ3n) is 4.26. The monoisotopic (exact) mass is 291 g/mol. The van der Waals surface area contributed by atoms with Crippen molar-refractivity contribution >= 4 is 5.97 Å². The van der Waals surface area contributed by atoms with E-state index in [0.29, 0.717) is 13.0 Å². The second-order valence-corrected chi connectivity index (χ2v) is 5.63. The van der Waals surface area contributed by atoms with Gasteiger partial charge in [-0.15, -0.1) is 0 Å². The Bertz CT molecular complexity index is 465. The van der Waals surface area contributed by atoms with Crippen LogP contribution < -0.4 is 5.32 Å². The lowest BCUT2D eigenvalue weighted by atomic mass is 9.86. The molecule has 2 atom stereocenters. The number of carbonyl (C=O) groups excluding carboxylic acids is 1. The molecular weight excluding hydrogens is 266 g/mol. The zero-order valence-electron chi connectivity index (χ0n) is 13.1. The van der Waals surface area contributed by atoms with Crippen LogP contribution >= 0.6 is 0 Å². The van der Waals surface area contributed by atoms with Crippen LogP contribution in [-0.4, -0.2) is 32.3 Å². The van der Waals surface area contributed by atoms with E-state index in [1.165, 1.54) is 12.7 Å². The van der Waals surface area contributed by atoms with Crippen LogP contribution in [0.25, 0.3) is 0 Å². The molecule has 0 spiro atoms. The Balaban J connectivity index is 2.23. The van der Waals surface area contributed by atoms with Crippen molar-refractivity contribution in [2.45, 2.75) is 44.8 Å². The first kappa shape index (κ1) is 16.0. The molecule has 21 heavy (non-hydrogen) atoms. The van der Waals surface area contributed by atoms with Crippen molar-refractivity contribution in [1.82, 2.24) is 5.32 Å². The van der Waals surface area contributed by atoms with Gasteiger partial charge in [0.1, 0.15) is 5.54 Å². The smallest absolute Gasteiger partial charge is 0.330 e. The standard InChI is InChI=1S/C17H25NO3/c1-4-17(16(19)20-3,14-9-7-13(2)8-10-14)18-12-15-6-5-11-21-15/h7-10,15,18H,4-6,11-12H2,1-3H3. The molecule has 1 saturated heterocycles. The number of hydrogen-bond acceptors (Lipinski definition) is 4. The fraction of sp³-hybridized carbons (Fsp3) is 0.588. The minimum Gasteiger partial charge on any atom is -0.467 e. The van der Waals surface area contributed by atoms with Crippen LogP contribution in [-0.2, 0) is 19.8 Å². The van der Waals surface area contributed by atoms with Crippen LogP contribution in [0.15, 0.2) is 24.3 Å². The number of benzene rings is 1. The fourth-order valence-corrected chi connectivity index (χ4v) is 2.87. The van der Waals surface area contributed by atoms with Gasteiger partial charge < -0.3 is 9.47 Å². The van der Waals surface area contributed by atoms with E-state index in [1.54, 1.807) is 0 Å². The van der Waals surface area contributed by atoms with Gasteiger partial charge in [-0.2, -0.15) is 0 Å². The molecule has 4 nitrogen and oxygen atoms in total. The normalized spacial score (nSPS) is 21.0. The van der Waals surface area contributed by atoms with Crippen LogP contribution in [0.1, 0.15) is 37.3 Å². The quantitative estimate of drug-likeness (QED) is 0.818. The van der Waals surface area contributed by atoms with Gasteiger partial charge in [-0.1, -0.05) is 36.8 Å². The first-order valence-corrected chi connectivity index (χ1v) is 7.64. The number of esters is 1. The van der Waals surface area contributed by atoms with Crippen molar-refractivity contribution in [3.63, 3.8) is 0 Å². The summed E-state index contributed by atoms with van der Waals surface area (Å²) < 4.78 is 10.7. The summed E-state index contributed by atoms with van der Waals surface area (Å²) in [5, 5.41) is 3.41. The van der Waals surface area contributed by atoms with Gasteiger partial charge in [0, 0.05) is 13.2 Å². The zero-order chi connectivity index (χ0) is 15.3. The predicted octanol–water partition coefficient (Wildman–Crippen LogP) is 2.54. The third-order valence-corrected chi connectivity index (χ3v) is 4.26. The summed E-state index contributed by atoms with van der Waals surface area (Å²) in [5.41, 5.74) is 1.32. The molecule has 1 heterocycles. The molecule has 0 amide bonds. The number of rotatable bonds is 6. The van der Waals surface area contributed by atoms with E-state index in [1.807, 2.05) is 38.1 Å². The van der Waals surface area contributed by atoms with Crippen LogP contribution in [0.3, 0.4) is 0 Å². The molecule has 0 aliphatic carbocycles.